The molecule has 30 heavy (non-hydrogen) atoms. The Hall–Kier alpha value is -2.60. The molecule has 0 aliphatic carbocycles. The van der Waals surface area contributed by atoms with E-state index in [2.05, 4.69) is 15.3 Å². The van der Waals surface area contributed by atoms with Crippen LogP contribution < -0.4 is 14.8 Å². The zero-order chi connectivity index (χ0) is 21.4. The van der Waals surface area contributed by atoms with Crippen molar-refractivity contribution in [2.75, 3.05) is 31.6 Å². The minimum absolute atomic E-state index is 0.0606. The molecule has 0 spiro atoms. The van der Waals surface area contributed by atoms with Crippen molar-refractivity contribution in [1.29, 1.82) is 0 Å². The highest BCUT2D eigenvalue weighted by Gasteiger charge is 2.34. The molecule has 8 nitrogen and oxygen atoms in total. The van der Waals surface area contributed by atoms with Crippen LogP contribution >= 0.6 is 0 Å². The normalized spacial score (nSPS) is 18.2. The fourth-order valence-corrected chi connectivity index (χ4v) is 4.86. The first-order chi connectivity index (χ1) is 14.2. The molecule has 0 amide bonds. The van der Waals surface area contributed by atoms with E-state index in [1.807, 2.05) is 0 Å². The van der Waals surface area contributed by atoms with E-state index in [-0.39, 0.29) is 29.8 Å². The van der Waals surface area contributed by atoms with Crippen molar-refractivity contribution in [3.8, 4) is 11.5 Å². The summed E-state index contributed by atoms with van der Waals surface area (Å²) in [5, 5.41) is 2.94. The highest BCUT2D eigenvalue weighted by Crippen LogP contribution is 2.34. The van der Waals surface area contributed by atoms with Crippen LogP contribution in [0.2, 0.25) is 0 Å². The summed E-state index contributed by atoms with van der Waals surface area (Å²) in [6.45, 7) is 1.22. The van der Waals surface area contributed by atoms with Gasteiger partial charge >= 0.3 is 6.18 Å². The smallest absolute Gasteiger partial charge is 0.433 e. The summed E-state index contributed by atoms with van der Waals surface area (Å²) in [6, 6.07) is 5.15. The topological polar surface area (TPSA) is 93.7 Å². The summed E-state index contributed by atoms with van der Waals surface area (Å²) in [5.41, 5.74) is -1.03. The number of rotatable bonds is 4. The van der Waals surface area contributed by atoms with E-state index in [1.54, 1.807) is 6.07 Å². The molecule has 0 saturated carbocycles. The number of benzene rings is 1. The van der Waals surface area contributed by atoms with Gasteiger partial charge in [0, 0.05) is 31.3 Å². The second-order valence-electron chi connectivity index (χ2n) is 6.91. The van der Waals surface area contributed by atoms with Crippen LogP contribution in [0, 0.1) is 0 Å². The van der Waals surface area contributed by atoms with Crippen LogP contribution in [0.5, 0.6) is 11.5 Å². The van der Waals surface area contributed by atoms with Gasteiger partial charge in [0.2, 0.25) is 10.0 Å². The van der Waals surface area contributed by atoms with Crippen LogP contribution in [0.4, 0.5) is 19.0 Å². The summed E-state index contributed by atoms with van der Waals surface area (Å²) in [5.74, 6) is 0.958. The van der Waals surface area contributed by atoms with Gasteiger partial charge in [0.05, 0.1) is 4.90 Å². The highest BCUT2D eigenvalue weighted by molar-refractivity contribution is 7.89. The molecule has 0 unspecified atom stereocenters. The molecule has 2 aliphatic rings. The zero-order valence-corrected chi connectivity index (χ0v) is 16.5. The van der Waals surface area contributed by atoms with E-state index in [1.165, 1.54) is 16.4 Å². The van der Waals surface area contributed by atoms with E-state index in [0.29, 0.717) is 37.6 Å². The summed E-state index contributed by atoms with van der Waals surface area (Å²) < 4.78 is 76.5. The molecule has 1 aromatic heterocycles. The van der Waals surface area contributed by atoms with Crippen molar-refractivity contribution in [2.24, 2.45) is 0 Å². The zero-order valence-electron chi connectivity index (χ0n) is 15.7. The summed E-state index contributed by atoms with van der Waals surface area (Å²) in [6.07, 6.45) is -2.85. The van der Waals surface area contributed by atoms with Gasteiger partial charge in [-0.3, -0.25) is 0 Å². The van der Waals surface area contributed by atoms with Crippen LogP contribution in [-0.4, -0.2) is 55.0 Å². The maximum absolute atomic E-state index is 13.0. The number of hydrogen-bond acceptors (Lipinski definition) is 7. The molecule has 1 fully saturated rings. The molecule has 1 aromatic carbocycles. The number of fused-ring (bicyclic) bond motifs is 1. The third kappa shape index (κ3) is 4.29. The Bertz CT molecular complexity index is 1020. The average Bonchev–Trinajstić information content (AvgIpc) is 2.73. The molecule has 12 heteroatoms. The Morgan fingerprint density at radius 3 is 2.43 bits per heavy atom. The quantitative estimate of drug-likeness (QED) is 0.775. The molecule has 2 aromatic rings. The molecule has 1 N–H and O–H groups in total. The van der Waals surface area contributed by atoms with Crippen molar-refractivity contribution in [3.05, 3.63) is 36.3 Å². The van der Waals surface area contributed by atoms with E-state index < -0.39 is 21.9 Å². The Morgan fingerprint density at radius 1 is 1.03 bits per heavy atom. The Kier molecular flexibility index (Phi) is 5.45. The maximum atomic E-state index is 13.0. The minimum Gasteiger partial charge on any atom is -0.486 e. The number of aromatic nitrogens is 2. The van der Waals surface area contributed by atoms with Crippen molar-refractivity contribution < 1.29 is 31.1 Å². The number of ether oxygens (including phenoxy) is 2. The monoisotopic (exact) mass is 444 g/mol. The first kappa shape index (κ1) is 20.7. The molecule has 4 rings (SSSR count). The molecule has 0 atom stereocenters. The molecular formula is C18H19F3N4O4S. The number of nitrogens with zero attached hydrogens (tertiary/aromatic N) is 3. The highest BCUT2D eigenvalue weighted by atomic mass is 32.2. The van der Waals surface area contributed by atoms with Crippen LogP contribution in [0.15, 0.2) is 35.5 Å². The fraction of sp³-hybridized carbons (Fsp3) is 0.444. The molecule has 2 aliphatic heterocycles. The Morgan fingerprint density at radius 2 is 1.73 bits per heavy atom. The minimum atomic E-state index is -4.56. The predicted molar refractivity (Wildman–Crippen MR) is 99.9 cm³/mol. The molecule has 0 bridgehead atoms. The number of sulfonamides is 1. The molecule has 162 valence electrons. The number of hydrogen-bond donors (Lipinski definition) is 1. The number of piperidine rings is 1. The second-order valence-corrected chi connectivity index (χ2v) is 8.85. The summed E-state index contributed by atoms with van der Waals surface area (Å²) in [7, 11) is -3.72. The van der Waals surface area contributed by atoms with Crippen molar-refractivity contribution in [2.45, 2.75) is 30.0 Å². The van der Waals surface area contributed by atoms with Crippen molar-refractivity contribution in [1.82, 2.24) is 14.3 Å². The van der Waals surface area contributed by atoms with Gasteiger partial charge in [-0.2, -0.15) is 17.5 Å². The van der Waals surface area contributed by atoms with E-state index in [0.717, 1.165) is 12.4 Å². The lowest BCUT2D eigenvalue weighted by Gasteiger charge is -2.32. The van der Waals surface area contributed by atoms with Crippen LogP contribution in [0.3, 0.4) is 0 Å². The van der Waals surface area contributed by atoms with Crippen molar-refractivity contribution in [3.63, 3.8) is 0 Å². The lowest BCUT2D eigenvalue weighted by molar-refractivity contribution is -0.141. The molecular weight excluding hydrogens is 425 g/mol. The summed E-state index contributed by atoms with van der Waals surface area (Å²) >= 11 is 0. The maximum Gasteiger partial charge on any atom is 0.433 e. The number of halogens is 3. The van der Waals surface area contributed by atoms with Crippen LogP contribution in [-0.2, 0) is 16.2 Å². The lowest BCUT2D eigenvalue weighted by atomic mass is 10.1. The largest absolute Gasteiger partial charge is 0.486 e. The van der Waals surface area contributed by atoms with Gasteiger partial charge in [-0.15, -0.1) is 0 Å². The predicted octanol–water partition coefficient (Wildman–Crippen LogP) is 2.53. The standard InChI is InChI=1S/C18H19F3N4O4S/c19-18(20,21)16-10-17(23-11-22-16)24-12-3-5-25(6-4-12)30(26,27)13-1-2-14-15(9-13)29-8-7-28-14/h1-2,9-12H,3-8H2,(H,22,23,24). The van der Waals surface area contributed by atoms with E-state index >= 15 is 0 Å². The SMILES string of the molecule is O=S(=O)(c1ccc2c(c1)OCCO2)N1CCC(Nc2cc(C(F)(F)F)ncn2)CC1. The lowest BCUT2D eigenvalue weighted by Crippen LogP contribution is -2.42. The third-order valence-electron chi connectivity index (χ3n) is 4.91. The first-order valence-corrected chi connectivity index (χ1v) is 10.7. The van der Waals surface area contributed by atoms with Gasteiger partial charge in [0.1, 0.15) is 31.1 Å². The van der Waals surface area contributed by atoms with Gasteiger partial charge < -0.3 is 14.8 Å². The third-order valence-corrected chi connectivity index (χ3v) is 6.81. The number of anilines is 1. The van der Waals surface area contributed by atoms with Crippen LogP contribution in [0.25, 0.3) is 0 Å². The van der Waals surface area contributed by atoms with Gasteiger partial charge in [0.25, 0.3) is 0 Å². The average molecular weight is 444 g/mol. The van der Waals surface area contributed by atoms with Gasteiger partial charge in [0.15, 0.2) is 11.5 Å². The Labute approximate surface area is 171 Å². The first-order valence-electron chi connectivity index (χ1n) is 9.29. The molecule has 0 radical (unpaired) electrons. The molecule has 1 saturated heterocycles. The van der Waals surface area contributed by atoms with Gasteiger partial charge in [-0.1, -0.05) is 0 Å². The Balaban J connectivity index is 1.41. The number of alkyl halides is 3. The summed E-state index contributed by atoms with van der Waals surface area (Å²) in [4.78, 5) is 7.17. The second kappa shape index (κ2) is 7.91. The molecule has 3 heterocycles. The number of nitrogens with one attached hydrogen (secondary N) is 1. The van der Waals surface area contributed by atoms with Crippen molar-refractivity contribution >= 4 is 15.8 Å². The van der Waals surface area contributed by atoms with E-state index in [4.69, 9.17) is 9.47 Å². The van der Waals surface area contributed by atoms with Gasteiger partial charge in [-0.25, -0.2) is 18.4 Å². The van der Waals surface area contributed by atoms with Crippen LogP contribution in [0.1, 0.15) is 18.5 Å². The van der Waals surface area contributed by atoms with Gasteiger partial charge in [-0.05, 0) is 25.0 Å². The fourth-order valence-electron chi connectivity index (χ4n) is 3.37. The van der Waals surface area contributed by atoms with E-state index in [9.17, 15) is 21.6 Å².